The van der Waals surface area contributed by atoms with Crippen molar-refractivity contribution in [2.45, 2.75) is 26.8 Å². The molecule has 0 aliphatic heterocycles. The van der Waals surface area contributed by atoms with Gasteiger partial charge in [0.05, 0.1) is 5.52 Å². The van der Waals surface area contributed by atoms with Crippen LogP contribution in [0.25, 0.3) is 10.9 Å². The van der Waals surface area contributed by atoms with Crippen LogP contribution in [0.15, 0.2) is 29.2 Å². The third-order valence-corrected chi connectivity index (χ3v) is 2.97. The summed E-state index contributed by atoms with van der Waals surface area (Å²) in [4.78, 5) is 23.2. The van der Waals surface area contributed by atoms with Crippen molar-refractivity contribution in [2.75, 3.05) is 0 Å². The van der Waals surface area contributed by atoms with Crippen molar-refractivity contribution in [1.29, 1.82) is 0 Å². The molecule has 0 aliphatic carbocycles. The van der Waals surface area contributed by atoms with E-state index in [1.807, 2.05) is 37.5 Å². The van der Waals surface area contributed by atoms with Gasteiger partial charge in [0.2, 0.25) is 5.43 Å². The summed E-state index contributed by atoms with van der Waals surface area (Å²) < 4.78 is 1.82. The number of fused-ring (bicyclic) bond motifs is 1. The summed E-state index contributed by atoms with van der Waals surface area (Å²) in [5, 5.41) is 9.55. The molecule has 0 saturated heterocycles. The predicted molar refractivity (Wildman–Crippen MR) is 70.3 cm³/mol. The molecule has 0 radical (unpaired) electrons. The van der Waals surface area contributed by atoms with E-state index < -0.39 is 11.4 Å². The summed E-state index contributed by atoms with van der Waals surface area (Å²) in [7, 11) is 0. The number of pyridine rings is 1. The largest absolute Gasteiger partial charge is 0.477 e. The highest BCUT2D eigenvalue weighted by Gasteiger charge is 2.15. The Bertz CT molecular complexity index is 683. The number of aryl methyl sites for hydroxylation is 1. The molecule has 2 rings (SSSR count). The van der Waals surface area contributed by atoms with E-state index in [4.69, 9.17) is 5.11 Å². The topological polar surface area (TPSA) is 59.3 Å². The summed E-state index contributed by atoms with van der Waals surface area (Å²) in [5.41, 5.74) is 1.11. The van der Waals surface area contributed by atoms with Crippen LogP contribution in [0.5, 0.6) is 0 Å². The van der Waals surface area contributed by atoms with Crippen LogP contribution < -0.4 is 5.43 Å². The molecule has 0 saturated carbocycles. The smallest absolute Gasteiger partial charge is 0.341 e. The minimum Gasteiger partial charge on any atom is -0.477 e. The van der Waals surface area contributed by atoms with Gasteiger partial charge in [-0.25, -0.2) is 4.79 Å². The van der Waals surface area contributed by atoms with E-state index in [2.05, 4.69) is 0 Å². The number of aromatic nitrogens is 1. The second-order valence-electron chi connectivity index (χ2n) is 4.70. The summed E-state index contributed by atoms with van der Waals surface area (Å²) in [5.74, 6) is -1.18. The van der Waals surface area contributed by atoms with Crippen molar-refractivity contribution >= 4 is 16.9 Å². The molecule has 0 spiro atoms. The zero-order valence-corrected chi connectivity index (χ0v) is 10.6. The fourth-order valence-electron chi connectivity index (χ4n) is 2.05. The van der Waals surface area contributed by atoms with Gasteiger partial charge in [-0.05, 0) is 32.9 Å². The van der Waals surface area contributed by atoms with Crippen LogP contribution in [0, 0.1) is 6.92 Å². The number of carbonyl (C=O) groups is 1. The fraction of sp³-hybridized carbons (Fsp3) is 0.286. The summed E-state index contributed by atoms with van der Waals surface area (Å²) in [6, 6.07) is 5.61. The Morgan fingerprint density at radius 1 is 1.33 bits per heavy atom. The molecule has 0 unspecified atom stereocenters. The van der Waals surface area contributed by atoms with Crippen LogP contribution in [0.4, 0.5) is 0 Å². The highest BCUT2D eigenvalue weighted by molar-refractivity contribution is 5.92. The van der Waals surface area contributed by atoms with Gasteiger partial charge in [0.1, 0.15) is 5.56 Å². The maximum Gasteiger partial charge on any atom is 0.341 e. The summed E-state index contributed by atoms with van der Waals surface area (Å²) in [6.45, 7) is 5.79. The number of hydrogen-bond acceptors (Lipinski definition) is 2. The SMILES string of the molecule is Cc1ccc2c(c1)c(=O)c(C(=O)O)cn2C(C)C. The van der Waals surface area contributed by atoms with E-state index >= 15 is 0 Å². The van der Waals surface area contributed by atoms with E-state index in [0.29, 0.717) is 5.39 Å². The lowest BCUT2D eigenvalue weighted by Crippen LogP contribution is -2.19. The van der Waals surface area contributed by atoms with Gasteiger partial charge >= 0.3 is 5.97 Å². The monoisotopic (exact) mass is 245 g/mol. The Kier molecular flexibility index (Phi) is 2.95. The molecule has 4 nitrogen and oxygen atoms in total. The van der Waals surface area contributed by atoms with Gasteiger partial charge in [-0.15, -0.1) is 0 Å². The van der Waals surface area contributed by atoms with E-state index in [9.17, 15) is 9.59 Å². The minimum absolute atomic E-state index is 0.0916. The number of aromatic carboxylic acids is 1. The second-order valence-corrected chi connectivity index (χ2v) is 4.70. The van der Waals surface area contributed by atoms with Gasteiger partial charge in [0, 0.05) is 17.6 Å². The molecule has 1 N–H and O–H groups in total. The van der Waals surface area contributed by atoms with Gasteiger partial charge in [-0.1, -0.05) is 11.6 Å². The molecule has 1 aromatic carbocycles. The van der Waals surface area contributed by atoms with E-state index in [1.54, 1.807) is 6.07 Å². The molecule has 94 valence electrons. The molecule has 0 amide bonds. The van der Waals surface area contributed by atoms with Crippen LogP contribution in [0.2, 0.25) is 0 Å². The molecule has 0 fully saturated rings. The number of hydrogen-bond donors (Lipinski definition) is 1. The quantitative estimate of drug-likeness (QED) is 0.884. The molecule has 4 heteroatoms. The Morgan fingerprint density at radius 3 is 2.56 bits per heavy atom. The minimum atomic E-state index is -1.18. The maximum atomic E-state index is 12.1. The zero-order valence-electron chi connectivity index (χ0n) is 10.6. The molecule has 2 aromatic rings. The van der Waals surface area contributed by atoms with E-state index in [1.165, 1.54) is 6.20 Å². The lowest BCUT2D eigenvalue weighted by Gasteiger charge is -2.16. The van der Waals surface area contributed by atoms with Gasteiger partial charge in [0.15, 0.2) is 0 Å². The Morgan fingerprint density at radius 2 is 2.00 bits per heavy atom. The van der Waals surface area contributed by atoms with Crippen molar-refractivity contribution in [3.8, 4) is 0 Å². The molecule has 18 heavy (non-hydrogen) atoms. The summed E-state index contributed by atoms with van der Waals surface area (Å²) >= 11 is 0. The van der Waals surface area contributed by atoms with Crippen molar-refractivity contribution in [3.63, 3.8) is 0 Å². The molecular formula is C14H15NO3. The zero-order chi connectivity index (χ0) is 13.4. The third kappa shape index (κ3) is 1.90. The number of nitrogens with zero attached hydrogens (tertiary/aromatic N) is 1. The van der Waals surface area contributed by atoms with Crippen molar-refractivity contribution in [1.82, 2.24) is 4.57 Å². The van der Waals surface area contributed by atoms with Gasteiger partial charge in [-0.3, -0.25) is 4.79 Å². The van der Waals surface area contributed by atoms with Crippen molar-refractivity contribution in [3.05, 3.63) is 45.7 Å². The van der Waals surface area contributed by atoms with Crippen molar-refractivity contribution in [2.24, 2.45) is 0 Å². The Hall–Kier alpha value is -2.10. The average Bonchev–Trinajstić information content (AvgIpc) is 2.29. The van der Waals surface area contributed by atoms with E-state index in [0.717, 1.165) is 11.1 Å². The molecule has 0 bridgehead atoms. The van der Waals surface area contributed by atoms with Gasteiger partial charge in [0.25, 0.3) is 0 Å². The first-order valence-electron chi connectivity index (χ1n) is 5.80. The van der Waals surface area contributed by atoms with Crippen LogP contribution in [-0.4, -0.2) is 15.6 Å². The van der Waals surface area contributed by atoms with Crippen LogP contribution in [-0.2, 0) is 0 Å². The van der Waals surface area contributed by atoms with Gasteiger partial charge < -0.3 is 9.67 Å². The van der Waals surface area contributed by atoms with Crippen LogP contribution >= 0.6 is 0 Å². The molecule has 0 aliphatic rings. The van der Waals surface area contributed by atoms with Crippen molar-refractivity contribution < 1.29 is 9.90 Å². The number of rotatable bonds is 2. The predicted octanol–water partition coefficient (Wildman–Crippen LogP) is 2.59. The standard InChI is InChI=1S/C14H15NO3/c1-8(2)15-7-11(14(17)18)13(16)10-6-9(3)4-5-12(10)15/h4-8H,1-3H3,(H,17,18). The fourth-order valence-corrected chi connectivity index (χ4v) is 2.05. The first-order chi connectivity index (χ1) is 8.41. The average molecular weight is 245 g/mol. The van der Waals surface area contributed by atoms with E-state index in [-0.39, 0.29) is 11.6 Å². The first kappa shape index (κ1) is 12.4. The highest BCUT2D eigenvalue weighted by Crippen LogP contribution is 2.18. The third-order valence-electron chi connectivity index (χ3n) is 2.97. The molecular weight excluding hydrogens is 230 g/mol. The lowest BCUT2D eigenvalue weighted by atomic mass is 10.1. The lowest BCUT2D eigenvalue weighted by molar-refractivity contribution is 0.0695. The number of carboxylic acids is 1. The van der Waals surface area contributed by atoms with Crippen LogP contribution in [0.3, 0.4) is 0 Å². The van der Waals surface area contributed by atoms with Crippen LogP contribution in [0.1, 0.15) is 35.8 Å². The van der Waals surface area contributed by atoms with Gasteiger partial charge in [-0.2, -0.15) is 0 Å². The Labute approximate surface area is 104 Å². The normalized spacial score (nSPS) is 11.1. The first-order valence-corrected chi connectivity index (χ1v) is 5.80. The number of benzene rings is 1. The maximum absolute atomic E-state index is 12.1. The molecule has 1 aromatic heterocycles. The Balaban J connectivity index is 2.97. The molecule has 0 atom stereocenters. The number of carboxylic acid groups (broad SMARTS) is 1. The highest BCUT2D eigenvalue weighted by atomic mass is 16.4. The summed E-state index contributed by atoms with van der Waals surface area (Å²) in [6.07, 6.45) is 1.42. The molecule has 1 heterocycles. The second kappa shape index (κ2) is 4.29.